The number of esters is 3. The van der Waals surface area contributed by atoms with Crippen molar-refractivity contribution in [2.24, 2.45) is 0 Å². The van der Waals surface area contributed by atoms with Gasteiger partial charge in [-0.3, -0.25) is 14.4 Å². The van der Waals surface area contributed by atoms with Crippen LogP contribution in [0.15, 0.2) is 97.2 Å². The summed E-state index contributed by atoms with van der Waals surface area (Å²) in [7, 11) is 0. The highest BCUT2D eigenvalue weighted by Crippen LogP contribution is 2.14. The molecule has 1 atom stereocenters. The van der Waals surface area contributed by atoms with Crippen molar-refractivity contribution in [3.05, 3.63) is 97.2 Å². The summed E-state index contributed by atoms with van der Waals surface area (Å²) in [6, 6.07) is 0. The summed E-state index contributed by atoms with van der Waals surface area (Å²) >= 11 is 0. The lowest BCUT2D eigenvalue weighted by atomic mass is 10.1. The van der Waals surface area contributed by atoms with Crippen molar-refractivity contribution in [1.29, 1.82) is 0 Å². The fourth-order valence-corrected chi connectivity index (χ4v) is 8.08. The molecule has 0 aromatic carbocycles. The molecule has 0 rings (SSSR count). The highest BCUT2D eigenvalue weighted by molar-refractivity contribution is 5.71. The van der Waals surface area contributed by atoms with Gasteiger partial charge >= 0.3 is 17.9 Å². The Labute approximate surface area is 438 Å². The molecule has 6 heteroatoms. The number of hydrogen-bond acceptors (Lipinski definition) is 6. The summed E-state index contributed by atoms with van der Waals surface area (Å²) in [6.45, 7) is 6.49. The number of carbonyl (C=O) groups excluding carboxylic acids is 3. The molecule has 0 spiro atoms. The Morgan fingerprint density at radius 1 is 0.296 bits per heavy atom. The molecule has 1 unspecified atom stereocenters. The number of allylic oxidation sites excluding steroid dienone is 16. The molecule has 0 aliphatic heterocycles. The predicted molar refractivity (Wildman–Crippen MR) is 307 cm³/mol. The lowest BCUT2D eigenvalue weighted by molar-refractivity contribution is -0.167. The zero-order valence-electron chi connectivity index (χ0n) is 46.5. The SMILES string of the molecule is CC/C=C\C/C=C\C/C=C\C/C=C\C/C=C\C/C=C\CCCCCCC(=O)OCC(COC(=O)CCCCCCC/C=C\CCCCCCC)OC(=O)CCCCCCC/C=C\CCCCCCCCC. The van der Waals surface area contributed by atoms with Crippen LogP contribution in [-0.2, 0) is 28.6 Å². The van der Waals surface area contributed by atoms with Gasteiger partial charge in [0.25, 0.3) is 0 Å². The monoisotopic (exact) mass is 987 g/mol. The molecular weight excluding hydrogens is 877 g/mol. The first kappa shape index (κ1) is 67.3. The molecule has 0 aromatic heterocycles. The third-order valence-corrected chi connectivity index (χ3v) is 12.5. The predicted octanol–water partition coefficient (Wildman–Crippen LogP) is 20.1. The van der Waals surface area contributed by atoms with Crippen molar-refractivity contribution < 1.29 is 28.6 Å². The van der Waals surface area contributed by atoms with E-state index in [1.807, 2.05) is 0 Å². The number of rotatable bonds is 53. The highest BCUT2D eigenvalue weighted by Gasteiger charge is 2.19. The van der Waals surface area contributed by atoms with Gasteiger partial charge < -0.3 is 14.2 Å². The molecule has 0 saturated heterocycles. The van der Waals surface area contributed by atoms with Crippen molar-refractivity contribution >= 4 is 17.9 Å². The second kappa shape index (κ2) is 58.9. The molecular formula is C65H110O6. The number of ether oxygens (including phenoxy) is 3. The molecule has 0 aliphatic carbocycles. The normalized spacial score (nSPS) is 12.8. The van der Waals surface area contributed by atoms with Gasteiger partial charge in [-0.15, -0.1) is 0 Å². The zero-order valence-corrected chi connectivity index (χ0v) is 46.5. The van der Waals surface area contributed by atoms with Gasteiger partial charge in [-0.2, -0.15) is 0 Å². The molecule has 0 heterocycles. The van der Waals surface area contributed by atoms with E-state index in [2.05, 4.69) is 118 Å². The molecule has 0 N–H and O–H groups in total. The third kappa shape index (κ3) is 57.1. The summed E-state index contributed by atoms with van der Waals surface area (Å²) in [5.74, 6) is -0.931. The molecule has 406 valence electrons. The lowest BCUT2D eigenvalue weighted by Crippen LogP contribution is -2.30. The van der Waals surface area contributed by atoms with Crippen molar-refractivity contribution in [3.63, 3.8) is 0 Å². The quantitative estimate of drug-likeness (QED) is 0.0261. The Morgan fingerprint density at radius 2 is 0.549 bits per heavy atom. The molecule has 0 saturated carbocycles. The summed E-state index contributed by atoms with van der Waals surface area (Å²) in [6.07, 6.45) is 78.2. The Morgan fingerprint density at radius 3 is 0.873 bits per heavy atom. The molecule has 0 radical (unpaired) electrons. The highest BCUT2D eigenvalue weighted by atomic mass is 16.6. The van der Waals surface area contributed by atoms with Crippen LogP contribution in [-0.4, -0.2) is 37.2 Å². The van der Waals surface area contributed by atoms with Crippen molar-refractivity contribution in [2.45, 2.75) is 284 Å². The maximum atomic E-state index is 12.9. The summed E-state index contributed by atoms with van der Waals surface area (Å²) in [5.41, 5.74) is 0. The zero-order chi connectivity index (χ0) is 51.4. The Bertz CT molecular complexity index is 1410. The third-order valence-electron chi connectivity index (χ3n) is 12.5. The first-order valence-electron chi connectivity index (χ1n) is 29.7. The van der Waals surface area contributed by atoms with Crippen LogP contribution in [0.25, 0.3) is 0 Å². The van der Waals surface area contributed by atoms with E-state index in [-0.39, 0.29) is 31.1 Å². The van der Waals surface area contributed by atoms with Crippen LogP contribution in [0, 0.1) is 0 Å². The Balaban J connectivity index is 4.44. The van der Waals surface area contributed by atoms with E-state index >= 15 is 0 Å². The second-order valence-electron chi connectivity index (χ2n) is 19.5. The minimum absolute atomic E-state index is 0.0934. The van der Waals surface area contributed by atoms with Crippen molar-refractivity contribution in [3.8, 4) is 0 Å². The molecule has 0 aromatic rings. The molecule has 71 heavy (non-hydrogen) atoms. The standard InChI is InChI=1S/C65H110O6/c1-4-7-10-13-16-19-22-25-28-30-31-32-33-34-35-36-38-40-43-46-49-52-55-58-64(67)70-61-62(60-69-63(66)57-54-51-48-45-42-39-27-24-21-18-15-12-9-6-3)71-65(68)59-56-53-50-47-44-41-37-29-26-23-20-17-14-11-8-5-2/h7,10,16,19,24-25,27-29,31-32,34-35,37-38,40,62H,4-6,8-9,11-15,17-18,20-23,26,30,33,36,39,41-61H2,1-3H3/b10-7-,19-16-,27-24-,28-25-,32-31-,35-34-,37-29-,40-38-. The first-order valence-corrected chi connectivity index (χ1v) is 29.7. The van der Waals surface area contributed by atoms with Crippen LogP contribution in [0.4, 0.5) is 0 Å². The lowest BCUT2D eigenvalue weighted by Gasteiger charge is -2.18. The minimum atomic E-state index is -0.797. The fourth-order valence-electron chi connectivity index (χ4n) is 8.08. The van der Waals surface area contributed by atoms with E-state index in [4.69, 9.17) is 14.2 Å². The molecule has 0 fully saturated rings. The number of hydrogen-bond donors (Lipinski definition) is 0. The Hall–Kier alpha value is -3.67. The summed E-state index contributed by atoms with van der Waals surface area (Å²) in [5, 5.41) is 0. The van der Waals surface area contributed by atoms with Gasteiger partial charge in [-0.05, 0) is 122 Å². The maximum absolute atomic E-state index is 12.9. The van der Waals surface area contributed by atoms with Gasteiger partial charge in [0.2, 0.25) is 0 Å². The maximum Gasteiger partial charge on any atom is 0.306 e. The molecule has 0 bridgehead atoms. The number of unbranched alkanes of at least 4 members (excludes halogenated alkanes) is 26. The minimum Gasteiger partial charge on any atom is -0.462 e. The van der Waals surface area contributed by atoms with Crippen molar-refractivity contribution in [1.82, 2.24) is 0 Å². The number of carbonyl (C=O) groups is 3. The van der Waals surface area contributed by atoms with Crippen molar-refractivity contribution in [2.75, 3.05) is 13.2 Å². The molecule has 0 aliphatic rings. The van der Waals surface area contributed by atoms with Gasteiger partial charge in [0, 0.05) is 19.3 Å². The van der Waals surface area contributed by atoms with Gasteiger partial charge in [0.1, 0.15) is 13.2 Å². The van der Waals surface area contributed by atoms with Crippen LogP contribution in [0.2, 0.25) is 0 Å². The molecule has 6 nitrogen and oxygen atoms in total. The van der Waals surface area contributed by atoms with Crippen LogP contribution < -0.4 is 0 Å². The Kier molecular flexibility index (Phi) is 55.9. The fraction of sp³-hybridized carbons (Fsp3) is 0.708. The van der Waals surface area contributed by atoms with Crippen LogP contribution >= 0.6 is 0 Å². The average Bonchev–Trinajstić information content (AvgIpc) is 3.37. The average molecular weight is 988 g/mol. The van der Waals surface area contributed by atoms with E-state index in [0.29, 0.717) is 19.3 Å². The largest absolute Gasteiger partial charge is 0.462 e. The van der Waals surface area contributed by atoms with Gasteiger partial charge in [-0.1, -0.05) is 234 Å². The van der Waals surface area contributed by atoms with Crippen LogP contribution in [0.3, 0.4) is 0 Å². The summed E-state index contributed by atoms with van der Waals surface area (Å²) in [4.78, 5) is 38.2. The van der Waals surface area contributed by atoms with Crippen LogP contribution in [0.1, 0.15) is 278 Å². The van der Waals surface area contributed by atoms with E-state index < -0.39 is 6.10 Å². The smallest absolute Gasteiger partial charge is 0.306 e. The summed E-state index contributed by atoms with van der Waals surface area (Å²) < 4.78 is 16.9. The van der Waals surface area contributed by atoms with E-state index in [0.717, 1.165) is 128 Å². The van der Waals surface area contributed by atoms with Gasteiger partial charge in [0.05, 0.1) is 0 Å². The van der Waals surface area contributed by atoms with Gasteiger partial charge in [-0.25, -0.2) is 0 Å². The van der Waals surface area contributed by atoms with E-state index in [9.17, 15) is 14.4 Å². The first-order chi connectivity index (χ1) is 35.0. The molecule has 0 amide bonds. The van der Waals surface area contributed by atoms with E-state index in [1.54, 1.807) is 0 Å². The second-order valence-corrected chi connectivity index (χ2v) is 19.5. The van der Waals surface area contributed by atoms with Crippen LogP contribution in [0.5, 0.6) is 0 Å². The van der Waals surface area contributed by atoms with Gasteiger partial charge in [0.15, 0.2) is 6.10 Å². The van der Waals surface area contributed by atoms with E-state index in [1.165, 1.54) is 109 Å². The topological polar surface area (TPSA) is 78.9 Å².